The zero-order valence-electron chi connectivity index (χ0n) is 31.0. The molecule has 1 unspecified atom stereocenters. The number of thioether (sulfide) groups is 1. The zero-order valence-corrected chi connectivity index (χ0v) is 32.6. The van der Waals surface area contributed by atoms with Gasteiger partial charge >= 0.3 is 5.97 Å². The number of ether oxygens (including phenoxy) is 1. The van der Waals surface area contributed by atoms with Crippen LogP contribution in [0.4, 0.5) is 10.7 Å². The van der Waals surface area contributed by atoms with E-state index in [-0.39, 0.29) is 18.2 Å². The van der Waals surface area contributed by atoms with E-state index < -0.39 is 23.0 Å². The van der Waals surface area contributed by atoms with Crippen molar-refractivity contribution in [3.63, 3.8) is 0 Å². The highest BCUT2D eigenvalue weighted by molar-refractivity contribution is 8.00. The van der Waals surface area contributed by atoms with Gasteiger partial charge in [-0.2, -0.15) is 0 Å². The van der Waals surface area contributed by atoms with Crippen molar-refractivity contribution in [2.45, 2.75) is 43.5 Å². The van der Waals surface area contributed by atoms with Gasteiger partial charge < -0.3 is 25.7 Å². The van der Waals surface area contributed by atoms with Gasteiger partial charge in [0.25, 0.3) is 11.8 Å². The van der Waals surface area contributed by atoms with E-state index in [0.717, 1.165) is 44.9 Å². The lowest BCUT2D eigenvalue weighted by molar-refractivity contribution is -0.115. The molecule has 0 radical (unpaired) electrons. The van der Waals surface area contributed by atoms with Crippen LogP contribution in [0.2, 0.25) is 0 Å². The molecular formula is C44H41N5O5S2. The number of carbonyl (C=O) groups is 4. The van der Waals surface area contributed by atoms with Crippen molar-refractivity contribution in [3.05, 3.63) is 154 Å². The molecule has 0 saturated heterocycles. The van der Waals surface area contributed by atoms with E-state index in [1.165, 1.54) is 28.7 Å². The number of thiophene rings is 1. The van der Waals surface area contributed by atoms with Gasteiger partial charge in [-0.3, -0.25) is 19.3 Å². The highest BCUT2D eigenvalue weighted by Gasteiger charge is 2.30. The van der Waals surface area contributed by atoms with Gasteiger partial charge in [-0.15, -0.1) is 23.1 Å². The lowest BCUT2D eigenvalue weighted by Crippen LogP contribution is -2.30. The van der Waals surface area contributed by atoms with Crippen LogP contribution in [0.25, 0.3) is 17.0 Å². The Morgan fingerprint density at radius 2 is 1.68 bits per heavy atom. The Bertz CT molecular complexity index is 2410. The molecule has 4 N–H and O–H groups in total. The lowest BCUT2D eigenvalue weighted by atomic mass is 10.0. The van der Waals surface area contributed by atoms with Gasteiger partial charge in [0, 0.05) is 63.3 Å². The summed E-state index contributed by atoms with van der Waals surface area (Å²) in [5, 5.41) is 9.61. The van der Waals surface area contributed by atoms with E-state index in [1.807, 2.05) is 54.6 Å². The minimum absolute atomic E-state index is 0.0636. The first-order chi connectivity index (χ1) is 27.2. The summed E-state index contributed by atoms with van der Waals surface area (Å²) in [5.74, 6) is -1.62. The molecule has 284 valence electrons. The maximum absolute atomic E-state index is 13.8. The molecule has 7 rings (SSSR count). The Kier molecular flexibility index (Phi) is 12.1. The van der Waals surface area contributed by atoms with Crippen LogP contribution in [0.5, 0.6) is 0 Å². The molecule has 1 aliphatic heterocycles. The Balaban J connectivity index is 1.05. The van der Waals surface area contributed by atoms with Crippen LogP contribution in [0.15, 0.2) is 126 Å². The minimum Gasteiger partial charge on any atom is -0.462 e. The van der Waals surface area contributed by atoms with Crippen molar-refractivity contribution in [2.24, 2.45) is 0 Å². The lowest BCUT2D eigenvalue weighted by Gasteiger charge is -2.27. The molecule has 12 heteroatoms. The number of anilines is 2. The molecule has 6 aromatic rings. The highest BCUT2D eigenvalue weighted by atomic mass is 32.2. The second-order valence-corrected chi connectivity index (χ2v) is 15.8. The molecule has 0 saturated carbocycles. The van der Waals surface area contributed by atoms with E-state index in [1.54, 1.807) is 68.6 Å². The van der Waals surface area contributed by atoms with Crippen LogP contribution >= 0.6 is 23.1 Å². The quantitative estimate of drug-likeness (QED) is 0.0525. The molecule has 3 heterocycles. The number of benzene rings is 4. The Hall–Kier alpha value is -5.95. The van der Waals surface area contributed by atoms with Crippen molar-refractivity contribution >= 4 is 74.5 Å². The second kappa shape index (κ2) is 17.7. The average Bonchev–Trinajstić information content (AvgIpc) is 3.79. The molecule has 0 aliphatic carbocycles. The number of nitrogens with one attached hydrogen (secondary N) is 4. The number of para-hydroxylation sites is 1. The van der Waals surface area contributed by atoms with Crippen molar-refractivity contribution in [3.8, 4) is 0 Å². The molecule has 1 aliphatic rings. The zero-order chi connectivity index (χ0) is 39.0. The van der Waals surface area contributed by atoms with E-state index in [4.69, 9.17) is 4.74 Å². The van der Waals surface area contributed by atoms with Gasteiger partial charge in [0.1, 0.15) is 10.7 Å². The van der Waals surface area contributed by atoms with Crippen LogP contribution in [-0.4, -0.2) is 52.0 Å². The predicted molar refractivity (Wildman–Crippen MR) is 224 cm³/mol. The molecule has 4 aromatic carbocycles. The number of nitrogens with zero attached hydrogens (tertiary/aromatic N) is 1. The fourth-order valence-electron chi connectivity index (χ4n) is 6.57. The van der Waals surface area contributed by atoms with Crippen molar-refractivity contribution < 1.29 is 23.9 Å². The number of amides is 3. The van der Waals surface area contributed by atoms with Crippen LogP contribution in [0.1, 0.15) is 56.1 Å². The van der Waals surface area contributed by atoms with Gasteiger partial charge in [0.2, 0.25) is 5.91 Å². The summed E-state index contributed by atoms with van der Waals surface area (Å²) < 4.78 is 5.44. The van der Waals surface area contributed by atoms with Crippen LogP contribution in [-0.2, 0) is 33.8 Å². The predicted octanol–water partition coefficient (Wildman–Crippen LogP) is 8.49. The van der Waals surface area contributed by atoms with Crippen molar-refractivity contribution in [1.29, 1.82) is 0 Å². The van der Waals surface area contributed by atoms with Gasteiger partial charge in [0.05, 0.1) is 17.4 Å². The number of esters is 1. The number of carbonyl (C=O) groups excluding carboxylic acids is 4. The topological polar surface area (TPSA) is 133 Å². The highest BCUT2D eigenvalue weighted by Crippen LogP contribution is 2.39. The van der Waals surface area contributed by atoms with Gasteiger partial charge in [-0.25, -0.2) is 4.79 Å². The summed E-state index contributed by atoms with van der Waals surface area (Å²) in [5.41, 5.74) is 5.21. The molecule has 2 aromatic heterocycles. The van der Waals surface area contributed by atoms with Crippen LogP contribution in [0, 0.1) is 0 Å². The number of hydrogen-bond donors (Lipinski definition) is 4. The summed E-state index contributed by atoms with van der Waals surface area (Å²) >= 11 is 2.75. The molecule has 0 bridgehead atoms. The first kappa shape index (κ1) is 38.3. The first-order valence-electron chi connectivity index (χ1n) is 18.4. The summed E-state index contributed by atoms with van der Waals surface area (Å²) in [6.07, 6.45) is 4.12. The molecule has 1 atom stereocenters. The molecule has 3 amide bonds. The molecule has 10 nitrogen and oxygen atoms in total. The Morgan fingerprint density at radius 3 is 2.46 bits per heavy atom. The van der Waals surface area contributed by atoms with Gasteiger partial charge in [0.15, 0.2) is 0 Å². The molecule has 0 fully saturated rings. The Labute approximate surface area is 333 Å². The number of fused-ring (bicyclic) bond motifs is 2. The standard InChI is InChI=1S/C44H41N5O5S2/c1-3-54-44(53)39-35-21-22-49(26-29-13-6-4-7-14-29)27-38(35)56-43(39)48-40(50)28(2)55-33-18-12-17-32(24-33)46-42(52)37(47-41(51)30-15-8-5-9-16-30)23-31-25-45-36-20-11-10-19-34(31)36/h4-20,23-25,28,45H,3,21-22,26-27H2,1-2H3,(H,46,52)(H,47,51)(H,48,50)/b37-23-. The van der Waals surface area contributed by atoms with Crippen molar-refractivity contribution in [1.82, 2.24) is 15.2 Å². The second-order valence-electron chi connectivity index (χ2n) is 13.3. The Morgan fingerprint density at radius 1 is 0.929 bits per heavy atom. The number of H-pyrrole nitrogens is 1. The van der Waals surface area contributed by atoms with Gasteiger partial charge in [-0.1, -0.05) is 72.8 Å². The van der Waals surface area contributed by atoms with E-state index in [0.29, 0.717) is 34.8 Å². The molecule has 0 spiro atoms. The van der Waals surface area contributed by atoms with Crippen LogP contribution in [0.3, 0.4) is 0 Å². The summed E-state index contributed by atoms with van der Waals surface area (Å²) in [6.45, 7) is 6.06. The van der Waals surface area contributed by atoms with E-state index in [2.05, 4.69) is 38.0 Å². The normalized spacial score (nSPS) is 13.4. The average molecular weight is 784 g/mol. The largest absolute Gasteiger partial charge is 0.462 e. The SMILES string of the molecule is CCOC(=O)c1c(NC(=O)C(C)Sc2cccc(NC(=O)/C(=C/c3c[nH]c4ccccc34)NC(=O)c3ccccc3)c2)sc2c1CCN(Cc1ccccc1)C2. The third-order valence-electron chi connectivity index (χ3n) is 9.33. The summed E-state index contributed by atoms with van der Waals surface area (Å²) in [6, 6.07) is 33.9. The van der Waals surface area contributed by atoms with Gasteiger partial charge in [-0.05, 0) is 73.9 Å². The summed E-state index contributed by atoms with van der Waals surface area (Å²) in [4.78, 5) is 61.2. The fraction of sp³-hybridized carbons (Fsp3) is 0.182. The van der Waals surface area contributed by atoms with Crippen molar-refractivity contribution in [2.75, 3.05) is 23.8 Å². The van der Waals surface area contributed by atoms with E-state index in [9.17, 15) is 19.2 Å². The third-order valence-corrected chi connectivity index (χ3v) is 11.6. The first-order valence-corrected chi connectivity index (χ1v) is 20.1. The fourth-order valence-corrected chi connectivity index (χ4v) is 8.78. The third kappa shape index (κ3) is 9.11. The summed E-state index contributed by atoms with van der Waals surface area (Å²) in [7, 11) is 0. The smallest absolute Gasteiger partial charge is 0.341 e. The number of aromatic amines is 1. The maximum atomic E-state index is 13.8. The number of hydrogen-bond acceptors (Lipinski definition) is 8. The monoisotopic (exact) mass is 783 g/mol. The van der Waals surface area contributed by atoms with E-state index >= 15 is 0 Å². The number of aromatic nitrogens is 1. The number of rotatable bonds is 13. The van der Waals surface area contributed by atoms with Crippen LogP contribution < -0.4 is 16.0 Å². The maximum Gasteiger partial charge on any atom is 0.341 e. The minimum atomic E-state index is -0.549. The molecule has 56 heavy (non-hydrogen) atoms. The molecular weight excluding hydrogens is 743 g/mol.